The first-order valence-electron chi connectivity index (χ1n) is 24.5. The number of alkyl carbamates (subject to hydrolysis) is 1. The van der Waals surface area contributed by atoms with Gasteiger partial charge in [-0.05, 0) is 107 Å². The van der Waals surface area contributed by atoms with Gasteiger partial charge in [0.1, 0.15) is 53.1 Å². The largest absolute Gasteiger partial charge is 0.496 e. The highest BCUT2D eigenvalue weighted by molar-refractivity contribution is 7.39. The van der Waals surface area contributed by atoms with Gasteiger partial charge in [0.2, 0.25) is 11.8 Å². The van der Waals surface area contributed by atoms with Crippen LogP contribution < -0.4 is 25.4 Å². The fourth-order valence-corrected chi connectivity index (χ4v) is 13.1. The Labute approximate surface area is 399 Å². The van der Waals surface area contributed by atoms with E-state index in [4.69, 9.17) is 24.2 Å². The molecule has 7 atom stereocenters. The van der Waals surface area contributed by atoms with Gasteiger partial charge < -0.3 is 35.1 Å². The summed E-state index contributed by atoms with van der Waals surface area (Å²) in [4.78, 5) is 55.1. The van der Waals surface area contributed by atoms with Crippen molar-refractivity contribution in [2.45, 2.75) is 172 Å². The SMILES string of the molecule is CCCC(C)c1c(OC)ccc2c(OC3CC4C(=O)NC5(PCc6c(F)cccc6F)CC5CCCCCCCC(NC(=O)OC5CCCC5)C(=O)N4C3)cc(-c3csc(NC(C)C)n3)nc12. The van der Waals surface area contributed by atoms with Crippen LogP contribution in [0.2, 0.25) is 0 Å². The van der Waals surface area contributed by atoms with Crippen LogP contribution in [0.15, 0.2) is 41.8 Å². The van der Waals surface area contributed by atoms with Gasteiger partial charge in [0.05, 0.1) is 30.1 Å². The zero-order chi connectivity index (χ0) is 47.2. The number of pyridine rings is 1. The molecule has 67 heavy (non-hydrogen) atoms. The Hall–Kier alpha value is -4.62. The Morgan fingerprint density at radius 2 is 1.69 bits per heavy atom. The van der Waals surface area contributed by atoms with E-state index >= 15 is 4.79 Å². The van der Waals surface area contributed by atoms with E-state index in [9.17, 15) is 18.4 Å². The van der Waals surface area contributed by atoms with Gasteiger partial charge in [0.15, 0.2) is 5.13 Å². The van der Waals surface area contributed by atoms with E-state index in [1.165, 1.54) is 29.5 Å². The number of methoxy groups -OCH3 is 1. The minimum Gasteiger partial charge on any atom is -0.496 e. The molecular formula is C51H67F2N6O6PS. The lowest BCUT2D eigenvalue weighted by atomic mass is 9.92. The molecule has 0 radical (unpaired) electrons. The van der Waals surface area contributed by atoms with Crippen LogP contribution >= 0.6 is 19.9 Å². The molecule has 3 N–H and O–H groups in total. The molecule has 2 aliphatic carbocycles. The number of benzene rings is 2. The van der Waals surface area contributed by atoms with Crippen molar-refractivity contribution < 1.29 is 37.4 Å². The fourth-order valence-electron chi connectivity index (χ4n) is 10.4. The molecular weight excluding hydrogens is 894 g/mol. The van der Waals surface area contributed by atoms with Crippen molar-refractivity contribution in [3.8, 4) is 22.9 Å². The summed E-state index contributed by atoms with van der Waals surface area (Å²) in [5.41, 5.74) is 3.03. The molecule has 16 heteroatoms. The first kappa shape index (κ1) is 48.8. The van der Waals surface area contributed by atoms with Crippen molar-refractivity contribution in [3.05, 3.63) is 64.5 Å². The number of ether oxygens (including phenoxy) is 3. The molecule has 0 bridgehead atoms. The van der Waals surface area contributed by atoms with E-state index in [1.807, 2.05) is 23.6 Å². The van der Waals surface area contributed by atoms with Crippen molar-refractivity contribution in [2.75, 3.05) is 19.0 Å². The zero-order valence-corrected chi connectivity index (χ0v) is 41.4. The summed E-state index contributed by atoms with van der Waals surface area (Å²) in [6, 6.07) is 8.03. The fraction of sp³-hybridized carbons (Fsp3) is 0.588. The molecule has 2 aliphatic heterocycles. The molecule has 3 amide bonds. The van der Waals surface area contributed by atoms with Gasteiger partial charge in [-0.1, -0.05) is 67.0 Å². The van der Waals surface area contributed by atoms with Crippen molar-refractivity contribution in [1.82, 2.24) is 25.5 Å². The summed E-state index contributed by atoms with van der Waals surface area (Å²) in [5.74, 6) is -0.356. The smallest absolute Gasteiger partial charge is 0.408 e. The quantitative estimate of drug-likeness (QED) is 0.105. The van der Waals surface area contributed by atoms with E-state index in [-0.39, 0.29) is 69.1 Å². The summed E-state index contributed by atoms with van der Waals surface area (Å²) in [7, 11) is 1.69. The standard InChI is InChI=1S/C51H67F2N6O6PS/c1-6-15-31(4)45-43(63-5)23-22-35-44(25-40(55-46(35)45)41-29-67-49(56-41)54-30(2)3)64-34-24-42-47(60)58-51(66-28-36-37(52)19-14-20-38(36)53)26-32(51)16-10-8-7-9-11-21-39(48(61)59(42)27-34)57-50(62)65-33-17-12-13-18-33/h14,19-20,22-23,25,29-34,39,42,66H,6-13,15-18,21,24,26-28H2,1-5H3,(H,54,56)(H,57,62)(H,58,60). The van der Waals surface area contributed by atoms with Gasteiger partial charge in [0, 0.05) is 40.4 Å². The van der Waals surface area contributed by atoms with E-state index in [1.54, 1.807) is 12.0 Å². The second-order valence-electron chi connectivity index (χ2n) is 19.4. The van der Waals surface area contributed by atoms with Gasteiger partial charge >= 0.3 is 6.09 Å². The van der Waals surface area contributed by atoms with Gasteiger partial charge in [-0.25, -0.2) is 23.5 Å². The van der Waals surface area contributed by atoms with Crippen LogP contribution in [0.25, 0.3) is 22.3 Å². The predicted octanol–water partition coefficient (Wildman–Crippen LogP) is 11.2. The number of anilines is 1. The van der Waals surface area contributed by atoms with Crippen LogP contribution in [0.3, 0.4) is 0 Å². The number of fused-ring (bicyclic) bond motifs is 3. The van der Waals surface area contributed by atoms with Crippen LogP contribution in [0.1, 0.15) is 141 Å². The molecule has 7 unspecified atom stereocenters. The molecule has 4 aromatic rings. The molecule has 8 rings (SSSR count). The maximum atomic E-state index is 15.0. The number of nitrogens with zero attached hydrogens (tertiary/aromatic N) is 3. The summed E-state index contributed by atoms with van der Waals surface area (Å²) < 4.78 is 48.7. The Balaban J connectivity index is 1.15. The molecule has 0 spiro atoms. The van der Waals surface area contributed by atoms with E-state index in [0.29, 0.717) is 36.4 Å². The van der Waals surface area contributed by atoms with Crippen LogP contribution in [0.5, 0.6) is 11.5 Å². The first-order valence-corrected chi connectivity index (χ1v) is 26.6. The lowest BCUT2D eigenvalue weighted by Gasteiger charge is -2.30. The summed E-state index contributed by atoms with van der Waals surface area (Å²) in [6.07, 6.45) is 10.8. The predicted molar refractivity (Wildman–Crippen MR) is 261 cm³/mol. The Morgan fingerprint density at radius 1 is 0.955 bits per heavy atom. The third-order valence-electron chi connectivity index (χ3n) is 14.0. The van der Waals surface area contributed by atoms with Gasteiger partial charge in [0.25, 0.3) is 0 Å². The van der Waals surface area contributed by atoms with Gasteiger partial charge in [-0.3, -0.25) is 9.59 Å². The maximum Gasteiger partial charge on any atom is 0.408 e. The van der Waals surface area contributed by atoms with Crippen LogP contribution in [-0.4, -0.2) is 82.0 Å². The van der Waals surface area contributed by atoms with E-state index in [0.717, 1.165) is 98.0 Å². The molecule has 2 saturated heterocycles. The number of rotatable bonds is 14. The molecule has 4 fully saturated rings. The number of halogens is 2. The maximum absolute atomic E-state index is 15.0. The minimum absolute atomic E-state index is 0.0226. The number of aromatic nitrogens is 2. The third-order valence-corrected chi connectivity index (χ3v) is 16.7. The lowest BCUT2D eigenvalue weighted by Crippen LogP contribution is -2.55. The highest BCUT2D eigenvalue weighted by Crippen LogP contribution is 2.59. The Kier molecular flexibility index (Phi) is 15.9. The second kappa shape index (κ2) is 21.8. The molecule has 4 aliphatic rings. The average Bonchev–Trinajstić information content (AvgIpc) is 3.76. The summed E-state index contributed by atoms with van der Waals surface area (Å²) >= 11 is 1.50. The number of carbonyl (C=O) groups is 3. The number of amides is 3. The average molecular weight is 961 g/mol. The van der Waals surface area contributed by atoms with Crippen molar-refractivity contribution >= 4 is 53.9 Å². The number of hydrogen-bond donors (Lipinski definition) is 3. The zero-order valence-electron chi connectivity index (χ0n) is 39.6. The van der Waals surface area contributed by atoms with Gasteiger partial charge in [-0.15, -0.1) is 11.3 Å². The number of nitrogens with one attached hydrogen (secondary N) is 3. The highest BCUT2D eigenvalue weighted by atomic mass is 32.1. The molecule has 2 aromatic carbocycles. The first-order chi connectivity index (χ1) is 32.4. The number of hydrogen-bond acceptors (Lipinski definition) is 10. The summed E-state index contributed by atoms with van der Waals surface area (Å²) in [6.45, 7) is 8.54. The molecule has 362 valence electrons. The van der Waals surface area contributed by atoms with Crippen LogP contribution in [0.4, 0.5) is 18.7 Å². The van der Waals surface area contributed by atoms with Crippen LogP contribution in [0, 0.1) is 17.6 Å². The normalized spacial score (nSPS) is 24.5. The Morgan fingerprint density at radius 3 is 2.42 bits per heavy atom. The molecule has 4 heterocycles. The molecule has 12 nitrogen and oxygen atoms in total. The second-order valence-corrected chi connectivity index (χ2v) is 21.8. The monoisotopic (exact) mass is 960 g/mol. The minimum atomic E-state index is -0.943. The Bertz CT molecular complexity index is 2380. The van der Waals surface area contributed by atoms with Crippen molar-refractivity contribution in [2.24, 2.45) is 5.92 Å². The number of thiazole rings is 1. The van der Waals surface area contributed by atoms with E-state index < -0.39 is 41.2 Å². The molecule has 2 saturated carbocycles. The van der Waals surface area contributed by atoms with Crippen LogP contribution in [-0.2, 0) is 20.5 Å². The van der Waals surface area contributed by atoms with E-state index in [2.05, 4.69) is 43.6 Å². The topological polar surface area (TPSA) is 144 Å². The summed E-state index contributed by atoms with van der Waals surface area (Å²) in [5, 5.41) is 12.6. The molecule has 2 aromatic heterocycles. The van der Waals surface area contributed by atoms with Crippen molar-refractivity contribution in [1.29, 1.82) is 0 Å². The highest BCUT2D eigenvalue weighted by Gasteiger charge is 2.56. The van der Waals surface area contributed by atoms with Crippen molar-refractivity contribution in [3.63, 3.8) is 0 Å². The lowest BCUT2D eigenvalue weighted by molar-refractivity contribution is -0.140. The number of carbonyl (C=O) groups excluding carboxylic acids is 3. The van der Waals surface area contributed by atoms with Gasteiger partial charge in [-0.2, -0.15) is 0 Å². The third kappa shape index (κ3) is 11.5.